The van der Waals surface area contributed by atoms with E-state index in [1.807, 2.05) is 6.92 Å². The highest BCUT2D eigenvalue weighted by molar-refractivity contribution is 7.11. The van der Waals surface area contributed by atoms with E-state index in [0.717, 1.165) is 22.7 Å². The van der Waals surface area contributed by atoms with Gasteiger partial charge in [-0.3, -0.25) is 4.79 Å². The van der Waals surface area contributed by atoms with Crippen LogP contribution in [0.2, 0.25) is 0 Å². The van der Waals surface area contributed by atoms with E-state index in [0.29, 0.717) is 19.5 Å². The van der Waals surface area contributed by atoms with Gasteiger partial charge in [-0.25, -0.2) is 9.78 Å². The molecule has 2 atom stereocenters. The molecule has 2 rings (SSSR count). The second-order valence-electron chi connectivity index (χ2n) is 5.04. The molecule has 1 heterocycles. The Balaban J connectivity index is 1.71. The summed E-state index contributed by atoms with van der Waals surface area (Å²) >= 11 is 1.55. The van der Waals surface area contributed by atoms with Gasteiger partial charge >= 0.3 is 12.0 Å². The Kier molecular flexibility index (Phi) is 4.94. The smallest absolute Gasteiger partial charge is 0.315 e. The zero-order chi connectivity index (χ0) is 14.5. The minimum absolute atomic E-state index is 0.0453. The largest absolute Gasteiger partial charge is 0.481 e. The number of nitrogens with zero attached hydrogens (tertiary/aromatic N) is 1. The van der Waals surface area contributed by atoms with Crippen LogP contribution < -0.4 is 10.6 Å². The summed E-state index contributed by atoms with van der Waals surface area (Å²) in [5, 5.41) is 15.5. The molecule has 1 aromatic rings. The molecule has 20 heavy (non-hydrogen) atoms. The number of urea groups is 1. The molecule has 0 aromatic carbocycles. The summed E-state index contributed by atoms with van der Waals surface area (Å²) in [5.74, 6) is -1.03. The van der Waals surface area contributed by atoms with E-state index in [1.54, 1.807) is 17.5 Å². The summed E-state index contributed by atoms with van der Waals surface area (Å²) in [4.78, 5) is 27.8. The number of carboxylic acids is 1. The monoisotopic (exact) mass is 297 g/mol. The highest BCUT2D eigenvalue weighted by Gasteiger charge is 2.32. The molecule has 0 radical (unpaired) electrons. The standard InChI is InChI=1S/C13H19N3O3S/c1-8-14-6-10(20-8)7-16-13(19)15-5-9-3-2-4-11(9)12(17)18/h6,9,11H,2-5,7H2,1H3,(H,17,18)(H2,15,16,19). The molecule has 0 aliphatic heterocycles. The molecule has 1 aromatic heterocycles. The Hall–Kier alpha value is -1.63. The summed E-state index contributed by atoms with van der Waals surface area (Å²) in [6.45, 7) is 2.79. The number of aliphatic carboxylic acids is 1. The molecule has 1 fully saturated rings. The van der Waals surface area contributed by atoms with Crippen molar-refractivity contribution in [3.8, 4) is 0 Å². The molecule has 0 spiro atoms. The molecular weight excluding hydrogens is 278 g/mol. The van der Waals surface area contributed by atoms with Crippen LogP contribution in [0.25, 0.3) is 0 Å². The second kappa shape index (κ2) is 6.69. The van der Waals surface area contributed by atoms with Crippen LogP contribution in [0.15, 0.2) is 6.20 Å². The Labute approximate surface area is 121 Å². The number of carbonyl (C=O) groups is 2. The summed E-state index contributed by atoms with van der Waals surface area (Å²) in [6, 6.07) is -0.257. The lowest BCUT2D eigenvalue weighted by Gasteiger charge is -2.16. The Bertz CT molecular complexity index is 489. The molecule has 7 heteroatoms. The van der Waals surface area contributed by atoms with Crippen molar-refractivity contribution in [3.05, 3.63) is 16.1 Å². The van der Waals surface area contributed by atoms with Crippen molar-refractivity contribution in [2.45, 2.75) is 32.7 Å². The number of carboxylic acid groups (broad SMARTS) is 1. The van der Waals surface area contributed by atoms with Gasteiger partial charge < -0.3 is 15.7 Å². The van der Waals surface area contributed by atoms with Crippen LogP contribution in [0.4, 0.5) is 4.79 Å². The molecule has 1 aliphatic carbocycles. The quantitative estimate of drug-likeness (QED) is 0.772. The zero-order valence-corrected chi connectivity index (χ0v) is 12.2. The van der Waals surface area contributed by atoms with E-state index in [9.17, 15) is 9.59 Å². The fourth-order valence-electron chi connectivity index (χ4n) is 2.55. The fraction of sp³-hybridized carbons (Fsp3) is 0.615. The molecular formula is C13H19N3O3S. The maximum Gasteiger partial charge on any atom is 0.315 e. The summed E-state index contributed by atoms with van der Waals surface area (Å²) < 4.78 is 0. The van der Waals surface area contributed by atoms with Crippen LogP contribution in [0.3, 0.4) is 0 Å². The normalized spacial score (nSPS) is 21.6. The van der Waals surface area contributed by atoms with Crippen LogP contribution in [-0.4, -0.2) is 28.6 Å². The van der Waals surface area contributed by atoms with Gasteiger partial charge in [0, 0.05) is 17.6 Å². The first-order valence-electron chi connectivity index (χ1n) is 6.72. The molecule has 2 unspecified atom stereocenters. The van der Waals surface area contributed by atoms with Gasteiger partial charge in [0.1, 0.15) is 0 Å². The highest BCUT2D eigenvalue weighted by atomic mass is 32.1. The van der Waals surface area contributed by atoms with E-state index in [4.69, 9.17) is 5.11 Å². The third-order valence-electron chi connectivity index (χ3n) is 3.59. The van der Waals surface area contributed by atoms with E-state index < -0.39 is 5.97 Å². The van der Waals surface area contributed by atoms with E-state index in [2.05, 4.69) is 15.6 Å². The number of aromatic nitrogens is 1. The number of amides is 2. The molecule has 1 saturated carbocycles. The first-order valence-corrected chi connectivity index (χ1v) is 7.53. The Morgan fingerprint density at radius 2 is 2.25 bits per heavy atom. The molecule has 6 nitrogen and oxygen atoms in total. The highest BCUT2D eigenvalue weighted by Crippen LogP contribution is 2.31. The Morgan fingerprint density at radius 3 is 2.90 bits per heavy atom. The van der Waals surface area contributed by atoms with Gasteiger partial charge in [0.15, 0.2) is 0 Å². The molecule has 0 saturated heterocycles. The molecule has 3 N–H and O–H groups in total. The molecule has 1 aliphatic rings. The number of thiazole rings is 1. The van der Waals surface area contributed by atoms with Crippen molar-refractivity contribution < 1.29 is 14.7 Å². The summed E-state index contributed by atoms with van der Waals surface area (Å²) in [5.41, 5.74) is 0. The van der Waals surface area contributed by atoms with Gasteiger partial charge in [0.2, 0.25) is 0 Å². The van der Waals surface area contributed by atoms with Crippen molar-refractivity contribution in [2.75, 3.05) is 6.54 Å². The number of nitrogens with one attached hydrogen (secondary N) is 2. The van der Waals surface area contributed by atoms with E-state index >= 15 is 0 Å². The van der Waals surface area contributed by atoms with Crippen molar-refractivity contribution in [3.63, 3.8) is 0 Å². The van der Waals surface area contributed by atoms with Gasteiger partial charge in [-0.1, -0.05) is 6.42 Å². The lowest BCUT2D eigenvalue weighted by Crippen LogP contribution is -2.39. The number of carbonyl (C=O) groups excluding carboxylic acids is 1. The number of aryl methyl sites for hydroxylation is 1. The zero-order valence-electron chi connectivity index (χ0n) is 11.4. The lowest BCUT2D eigenvalue weighted by molar-refractivity contribution is -0.142. The summed E-state index contributed by atoms with van der Waals surface area (Å²) in [7, 11) is 0. The first kappa shape index (κ1) is 14.8. The SMILES string of the molecule is Cc1ncc(CNC(=O)NCC2CCCC2C(=O)O)s1. The third kappa shape index (κ3) is 3.93. The van der Waals surface area contributed by atoms with Gasteiger partial charge in [-0.05, 0) is 25.7 Å². The number of rotatable bonds is 5. The van der Waals surface area contributed by atoms with Gasteiger partial charge in [0.25, 0.3) is 0 Å². The van der Waals surface area contributed by atoms with Gasteiger partial charge in [-0.15, -0.1) is 11.3 Å². The van der Waals surface area contributed by atoms with Crippen molar-refractivity contribution >= 4 is 23.3 Å². The van der Waals surface area contributed by atoms with Gasteiger partial charge in [-0.2, -0.15) is 0 Å². The molecule has 2 amide bonds. The van der Waals surface area contributed by atoms with Crippen LogP contribution >= 0.6 is 11.3 Å². The second-order valence-corrected chi connectivity index (χ2v) is 6.36. The van der Waals surface area contributed by atoms with E-state index in [1.165, 1.54) is 0 Å². The minimum Gasteiger partial charge on any atom is -0.481 e. The summed E-state index contributed by atoms with van der Waals surface area (Å²) in [6.07, 6.45) is 4.25. The van der Waals surface area contributed by atoms with Crippen LogP contribution in [0.1, 0.15) is 29.1 Å². The average Bonchev–Trinajstić information content (AvgIpc) is 3.02. The van der Waals surface area contributed by atoms with Crippen molar-refractivity contribution in [1.29, 1.82) is 0 Å². The average molecular weight is 297 g/mol. The van der Waals surface area contributed by atoms with Crippen molar-refractivity contribution in [2.24, 2.45) is 11.8 Å². The predicted molar refractivity (Wildman–Crippen MR) is 75.6 cm³/mol. The minimum atomic E-state index is -0.755. The molecule has 0 bridgehead atoms. The van der Waals surface area contributed by atoms with Gasteiger partial charge in [0.05, 0.1) is 17.5 Å². The lowest BCUT2D eigenvalue weighted by atomic mass is 9.96. The number of hydrogen-bond donors (Lipinski definition) is 3. The topological polar surface area (TPSA) is 91.3 Å². The Morgan fingerprint density at radius 1 is 1.45 bits per heavy atom. The van der Waals surface area contributed by atoms with E-state index in [-0.39, 0.29) is 17.9 Å². The fourth-order valence-corrected chi connectivity index (χ4v) is 3.28. The number of hydrogen-bond acceptors (Lipinski definition) is 4. The maximum atomic E-state index is 11.7. The third-order valence-corrected chi connectivity index (χ3v) is 4.51. The predicted octanol–water partition coefficient (Wildman–Crippen LogP) is 1.75. The van der Waals surface area contributed by atoms with Crippen LogP contribution in [0, 0.1) is 18.8 Å². The first-order chi connectivity index (χ1) is 9.56. The van der Waals surface area contributed by atoms with Crippen molar-refractivity contribution in [1.82, 2.24) is 15.6 Å². The van der Waals surface area contributed by atoms with Crippen LogP contribution in [-0.2, 0) is 11.3 Å². The maximum absolute atomic E-state index is 11.7. The van der Waals surface area contributed by atoms with Crippen LogP contribution in [0.5, 0.6) is 0 Å². The molecule has 110 valence electrons.